The lowest BCUT2D eigenvalue weighted by molar-refractivity contribution is -0.143. The van der Waals surface area contributed by atoms with Crippen LogP contribution in [0.1, 0.15) is 31.2 Å². The van der Waals surface area contributed by atoms with Crippen molar-refractivity contribution >= 4 is 21.9 Å². The van der Waals surface area contributed by atoms with Crippen LogP contribution in [0.5, 0.6) is 5.75 Å². The average molecular weight is 303 g/mol. The summed E-state index contributed by atoms with van der Waals surface area (Å²) in [5.41, 5.74) is -0.582. The highest BCUT2D eigenvalue weighted by atomic mass is 79.9. The molecule has 0 atom stereocenters. The molecule has 0 radical (unpaired) electrons. The molecule has 0 unspecified atom stereocenters. The van der Waals surface area contributed by atoms with E-state index in [9.17, 15) is 19.4 Å². The molecule has 0 spiro atoms. The molecule has 1 fully saturated rings. The number of hydrogen-bond donors (Lipinski definition) is 2. The first-order valence-corrected chi connectivity index (χ1v) is 6.18. The van der Waals surface area contributed by atoms with E-state index < -0.39 is 23.0 Å². The first-order valence-electron chi connectivity index (χ1n) is 5.39. The number of aliphatic carboxylic acids is 1. The summed E-state index contributed by atoms with van der Waals surface area (Å²) >= 11 is 3.03. The molecule has 1 aliphatic rings. The van der Waals surface area contributed by atoms with Crippen molar-refractivity contribution in [2.24, 2.45) is 0 Å². The van der Waals surface area contributed by atoms with Crippen LogP contribution in [-0.4, -0.2) is 16.2 Å². The summed E-state index contributed by atoms with van der Waals surface area (Å²) in [4.78, 5) is 11.4. The van der Waals surface area contributed by atoms with Crippen molar-refractivity contribution in [3.63, 3.8) is 0 Å². The van der Waals surface area contributed by atoms with Crippen molar-refractivity contribution in [2.75, 3.05) is 0 Å². The van der Waals surface area contributed by atoms with Crippen molar-refractivity contribution < 1.29 is 19.4 Å². The highest BCUT2D eigenvalue weighted by Crippen LogP contribution is 2.43. The summed E-state index contributed by atoms with van der Waals surface area (Å²) in [6.45, 7) is 0. The molecule has 0 aliphatic heterocycles. The minimum Gasteiger partial charge on any atom is -0.504 e. The summed E-state index contributed by atoms with van der Waals surface area (Å²) < 4.78 is 13.6. The third kappa shape index (κ3) is 1.92. The summed E-state index contributed by atoms with van der Waals surface area (Å²) in [5.74, 6) is -2.19. The Hall–Kier alpha value is -1.10. The summed E-state index contributed by atoms with van der Waals surface area (Å²) in [6.07, 6.45) is 2.68. The Balaban J connectivity index is 2.55. The number of hydrogen-bond acceptors (Lipinski definition) is 2. The minimum absolute atomic E-state index is 0.194. The van der Waals surface area contributed by atoms with Gasteiger partial charge in [-0.25, -0.2) is 4.39 Å². The Bertz CT molecular complexity index is 444. The van der Waals surface area contributed by atoms with E-state index in [-0.39, 0.29) is 4.47 Å². The Morgan fingerprint density at radius 1 is 1.35 bits per heavy atom. The average Bonchev–Trinajstić information content (AvgIpc) is 2.75. The zero-order valence-electron chi connectivity index (χ0n) is 9.04. The standard InChI is InChI=1S/C12H12BrFO3/c13-8-5-7(6-9(14)10(8)15)12(11(16)17)3-1-2-4-12/h5-6,15H,1-4H2,(H,16,17). The lowest BCUT2D eigenvalue weighted by Gasteiger charge is -2.24. The van der Waals surface area contributed by atoms with Gasteiger partial charge in [0.1, 0.15) is 0 Å². The predicted octanol–water partition coefficient (Wildman–Crippen LogP) is 3.19. The molecule has 0 heterocycles. The SMILES string of the molecule is O=C(O)C1(c2cc(F)c(O)c(Br)c2)CCCC1. The third-order valence-corrected chi connectivity index (χ3v) is 4.04. The van der Waals surface area contributed by atoms with Crippen LogP contribution >= 0.6 is 15.9 Å². The van der Waals surface area contributed by atoms with Gasteiger partial charge in [-0.1, -0.05) is 12.8 Å². The first kappa shape index (κ1) is 12.4. The van der Waals surface area contributed by atoms with Crippen LogP contribution in [0.4, 0.5) is 4.39 Å². The van der Waals surface area contributed by atoms with Gasteiger partial charge in [-0.3, -0.25) is 4.79 Å². The zero-order chi connectivity index (χ0) is 12.6. The lowest BCUT2D eigenvalue weighted by Crippen LogP contribution is -2.32. The fourth-order valence-corrected chi connectivity index (χ4v) is 2.88. The summed E-state index contributed by atoms with van der Waals surface area (Å²) in [6, 6.07) is 2.62. The maximum absolute atomic E-state index is 13.5. The van der Waals surface area contributed by atoms with E-state index in [1.165, 1.54) is 6.07 Å². The van der Waals surface area contributed by atoms with Crippen molar-refractivity contribution in [1.29, 1.82) is 0 Å². The second-order valence-corrected chi connectivity index (χ2v) is 5.24. The number of carbonyl (C=O) groups is 1. The van der Waals surface area contributed by atoms with E-state index in [0.29, 0.717) is 18.4 Å². The van der Waals surface area contributed by atoms with Gasteiger partial charge in [-0.05, 0) is 46.5 Å². The molecule has 17 heavy (non-hydrogen) atoms. The lowest BCUT2D eigenvalue weighted by atomic mass is 9.79. The first-order chi connectivity index (χ1) is 7.97. The predicted molar refractivity (Wildman–Crippen MR) is 63.5 cm³/mol. The zero-order valence-corrected chi connectivity index (χ0v) is 10.6. The molecule has 1 aliphatic carbocycles. The molecule has 2 rings (SSSR count). The maximum Gasteiger partial charge on any atom is 0.314 e. The number of phenols is 1. The van der Waals surface area contributed by atoms with Crippen LogP contribution in [0.25, 0.3) is 0 Å². The quantitative estimate of drug-likeness (QED) is 0.882. The number of carboxylic acids is 1. The van der Waals surface area contributed by atoms with E-state index in [0.717, 1.165) is 18.9 Å². The Morgan fingerprint density at radius 3 is 2.41 bits per heavy atom. The van der Waals surface area contributed by atoms with Gasteiger partial charge in [0.25, 0.3) is 0 Å². The topological polar surface area (TPSA) is 57.5 Å². The molecular weight excluding hydrogens is 291 g/mol. The van der Waals surface area contributed by atoms with Crippen molar-refractivity contribution in [3.05, 3.63) is 28.0 Å². The normalized spacial score (nSPS) is 18.2. The second-order valence-electron chi connectivity index (χ2n) is 4.38. The van der Waals surface area contributed by atoms with Crippen LogP contribution in [0.3, 0.4) is 0 Å². The molecule has 0 aromatic heterocycles. The monoisotopic (exact) mass is 302 g/mol. The molecule has 5 heteroatoms. The van der Waals surface area contributed by atoms with E-state index >= 15 is 0 Å². The van der Waals surface area contributed by atoms with Crippen molar-refractivity contribution in [2.45, 2.75) is 31.1 Å². The minimum atomic E-state index is -1.00. The number of phenolic OH excluding ortho intramolecular Hbond substituents is 1. The molecule has 0 saturated heterocycles. The van der Waals surface area contributed by atoms with Crippen LogP contribution in [0.2, 0.25) is 0 Å². The van der Waals surface area contributed by atoms with Crippen molar-refractivity contribution in [3.8, 4) is 5.75 Å². The fraction of sp³-hybridized carbons (Fsp3) is 0.417. The molecular formula is C12H12BrFO3. The highest BCUT2D eigenvalue weighted by Gasteiger charge is 2.43. The van der Waals surface area contributed by atoms with Crippen LogP contribution in [0, 0.1) is 5.82 Å². The number of halogens is 2. The molecule has 1 aromatic rings. The third-order valence-electron chi connectivity index (χ3n) is 3.44. The smallest absolute Gasteiger partial charge is 0.314 e. The number of aromatic hydroxyl groups is 1. The van der Waals surface area contributed by atoms with E-state index in [4.69, 9.17) is 0 Å². The largest absolute Gasteiger partial charge is 0.504 e. The van der Waals surface area contributed by atoms with Crippen LogP contribution < -0.4 is 0 Å². The fourth-order valence-electron chi connectivity index (χ4n) is 2.45. The van der Waals surface area contributed by atoms with Gasteiger partial charge in [-0.2, -0.15) is 0 Å². The number of carboxylic acid groups (broad SMARTS) is 1. The van der Waals surface area contributed by atoms with Gasteiger partial charge in [0, 0.05) is 0 Å². The van der Waals surface area contributed by atoms with Crippen LogP contribution in [-0.2, 0) is 10.2 Å². The number of benzene rings is 1. The summed E-state index contributed by atoms with van der Waals surface area (Å²) in [7, 11) is 0. The molecule has 3 nitrogen and oxygen atoms in total. The Morgan fingerprint density at radius 2 is 1.94 bits per heavy atom. The number of rotatable bonds is 2. The molecule has 0 bridgehead atoms. The van der Waals surface area contributed by atoms with Crippen LogP contribution in [0.15, 0.2) is 16.6 Å². The van der Waals surface area contributed by atoms with Gasteiger partial charge in [-0.15, -0.1) is 0 Å². The summed E-state index contributed by atoms with van der Waals surface area (Å²) in [5, 5.41) is 18.7. The molecule has 92 valence electrons. The molecule has 2 N–H and O–H groups in total. The Kier molecular flexibility index (Phi) is 3.12. The molecule has 1 saturated carbocycles. The van der Waals surface area contributed by atoms with E-state index in [1.807, 2.05) is 0 Å². The van der Waals surface area contributed by atoms with Gasteiger partial charge < -0.3 is 10.2 Å². The van der Waals surface area contributed by atoms with Gasteiger partial charge in [0.15, 0.2) is 11.6 Å². The van der Waals surface area contributed by atoms with E-state index in [1.54, 1.807) is 0 Å². The maximum atomic E-state index is 13.5. The van der Waals surface area contributed by atoms with E-state index in [2.05, 4.69) is 15.9 Å². The highest BCUT2D eigenvalue weighted by molar-refractivity contribution is 9.10. The molecule has 1 aromatic carbocycles. The van der Waals surface area contributed by atoms with Gasteiger partial charge in [0.05, 0.1) is 9.89 Å². The Labute approximate surface area is 106 Å². The van der Waals surface area contributed by atoms with Crippen molar-refractivity contribution in [1.82, 2.24) is 0 Å². The van der Waals surface area contributed by atoms with Gasteiger partial charge in [0.2, 0.25) is 0 Å². The van der Waals surface area contributed by atoms with Gasteiger partial charge >= 0.3 is 5.97 Å². The molecule has 0 amide bonds. The second kappa shape index (κ2) is 4.29.